The van der Waals surface area contributed by atoms with Gasteiger partial charge in [-0.2, -0.15) is 0 Å². The second kappa shape index (κ2) is 8.06. The van der Waals surface area contributed by atoms with Crippen LogP contribution in [0.5, 0.6) is 0 Å². The number of nitrogens with one attached hydrogen (secondary N) is 3. The number of halogens is 2. The lowest BCUT2D eigenvalue weighted by atomic mass is 10.2. The van der Waals surface area contributed by atoms with E-state index in [0.717, 1.165) is 6.07 Å². The Labute approximate surface area is 146 Å². The van der Waals surface area contributed by atoms with Crippen LogP contribution in [-0.4, -0.2) is 23.3 Å². The van der Waals surface area contributed by atoms with Gasteiger partial charge in [0.15, 0.2) is 0 Å². The van der Waals surface area contributed by atoms with Gasteiger partial charge in [0.1, 0.15) is 5.82 Å². The molecule has 0 aromatic heterocycles. The van der Waals surface area contributed by atoms with E-state index in [1.807, 2.05) is 0 Å². The zero-order chi connectivity index (χ0) is 18.4. The summed E-state index contributed by atoms with van der Waals surface area (Å²) in [7, 11) is 0. The van der Waals surface area contributed by atoms with Crippen LogP contribution in [0.4, 0.5) is 15.8 Å². The van der Waals surface area contributed by atoms with Crippen molar-refractivity contribution in [1.82, 2.24) is 10.9 Å². The van der Waals surface area contributed by atoms with Crippen LogP contribution in [0.25, 0.3) is 0 Å². The molecule has 0 aliphatic heterocycles. The fourth-order valence-corrected chi connectivity index (χ4v) is 1.95. The summed E-state index contributed by atoms with van der Waals surface area (Å²) in [6.07, 6.45) is 0. The van der Waals surface area contributed by atoms with Gasteiger partial charge in [-0.1, -0.05) is 11.6 Å². The van der Waals surface area contributed by atoms with E-state index in [9.17, 15) is 24.1 Å². The predicted molar refractivity (Wildman–Crippen MR) is 88.6 cm³/mol. The summed E-state index contributed by atoms with van der Waals surface area (Å²) in [4.78, 5) is 33.4. The number of nitro benzene ring substituents is 1. The van der Waals surface area contributed by atoms with Crippen molar-refractivity contribution in [3.05, 3.63) is 69.0 Å². The molecule has 0 atom stereocenters. The van der Waals surface area contributed by atoms with Crippen LogP contribution >= 0.6 is 11.6 Å². The van der Waals surface area contributed by atoms with Crippen molar-refractivity contribution in [3.63, 3.8) is 0 Å². The fraction of sp³-hybridized carbons (Fsp3) is 0.0667. The summed E-state index contributed by atoms with van der Waals surface area (Å²) in [6.45, 7) is -0.192. The number of nitrogens with zero attached hydrogens (tertiary/aromatic N) is 1. The third kappa shape index (κ3) is 5.15. The van der Waals surface area contributed by atoms with Crippen molar-refractivity contribution in [2.24, 2.45) is 0 Å². The van der Waals surface area contributed by atoms with Gasteiger partial charge in [0.05, 0.1) is 16.5 Å². The Bertz CT molecular complexity index is 814. The van der Waals surface area contributed by atoms with Crippen molar-refractivity contribution >= 4 is 34.8 Å². The normalized spacial score (nSPS) is 10.0. The first-order valence-electron chi connectivity index (χ1n) is 6.89. The van der Waals surface area contributed by atoms with Gasteiger partial charge in [-0.15, -0.1) is 0 Å². The lowest BCUT2D eigenvalue weighted by molar-refractivity contribution is -0.384. The van der Waals surface area contributed by atoms with Gasteiger partial charge in [-0.05, 0) is 30.3 Å². The maximum Gasteiger partial charge on any atom is 0.269 e. The lowest BCUT2D eigenvalue weighted by Crippen LogP contribution is -2.44. The van der Waals surface area contributed by atoms with E-state index in [1.54, 1.807) is 0 Å². The Morgan fingerprint density at radius 1 is 1.12 bits per heavy atom. The van der Waals surface area contributed by atoms with Crippen LogP contribution in [0.2, 0.25) is 5.02 Å². The molecule has 8 nitrogen and oxygen atoms in total. The van der Waals surface area contributed by atoms with Crippen molar-refractivity contribution < 1.29 is 18.9 Å². The highest BCUT2D eigenvalue weighted by molar-refractivity contribution is 6.31. The molecule has 10 heteroatoms. The number of benzene rings is 2. The molecule has 0 bridgehead atoms. The highest BCUT2D eigenvalue weighted by atomic mass is 35.5. The SMILES string of the molecule is O=C(CNc1ccc(F)c(Cl)c1)NNC(=O)c1ccc([N+](=O)[O-])cc1. The predicted octanol–water partition coefficient (Wildman–Crippen LogP) is 2.26. The molecular weight excluding hydrogens is 355 g/mol. The van der Waals surface area contributed by atoms with E-state index in [2.05, 4.69) is 16.2 Å². The molecule has 0 heterocycles. The van der Waals surface area contributed by atoms with Crippen LogP contribution in [0, 0.1) is 15.9 Å². The third-order valence-electron chi connectivity index (χ3n) is 3.03. The first-order chi connectivity index (χ1) is 11.9. The maximum absolute atomic E-state index is 13.0. The minimum Gasteiger partial charge on any atom is -0.376 e. The molecule has 0 aliphatic carbocycles. The summed E-state index contributed by atoms with van der Waals surface area (Å²) < 4.78 is 13.0. The Balaban J connectivity index is 1.81. The zero-order valence-corrected chi connectivity index (χ0v) is 13.3. The number of hydrogen-bond acceptors (Lipinski definition) is 5. The number of carbonyl (C=O) groups excluding carboxylic acids is 2. The Morgan fingerprint density at radius 3 is 2.40 bits per heavy atom. The van der Waals surface area contributed by atoms with Crippen LogP contribution in [-0.2, 0) is 4.79 Å². The molecule has 0 spiro atoms. The number of anilines is 1. The molecule has 2 amide bonds. The Morgan fingerprint density at radius 2 is 1.80 bits per heavy atom. The number of non-ortho nitro benzene ring substituents is 1. The molecule has 0 saturated carbocycles. The summed E-state index contributed by atoms with van der Waals surface area (Å²) in [5.41, 5.74) is 4.77. The van der Waals surface area contributed by atoms with Gasteiger partial charge in [0, 0.05) is 23.4 Å². The molecule has 0 saturated heterocycles. The van der Waals surface area contributed by atoms with Gasteiger partial charge >= 0.3 is 0 Å². The van der Waals surface area contributed by atoms with Crippen molar-refractivity contribution in [2.45, 2.75) is 0 Å². The van der Waals surface area contributed by atoms with Gasteiger partial charge < -0.3 is 5.32 Å². The number of carbonyl (C=O) groups is 2. The second-order valence-corrected chi connectivity index (χ2v) is 5.20. The minimum atomic E-state index is -0.631. The molecule has 130 valence electrons. The topological polar surface area (TPSA) is 113 Å². The number of nitro groups is 1. The second-order valence-electron chi connectivity index (χ2n) is 4.79. The molecule has 3 N–H and O–H groups in total. The van der Waals surface area contributed by atoms with Crippen molar-refractivity contribution in [3.8, 4) is 0 Å². The van der Waals surface area contributed by atoms with Crippen molar-refractivity contribution in [2.75, 3.05) is 11.9 Å². The molecule has 2 aromatic carbocycles. The largest absolute Gasteiger partial charge is 0.376 e. The molecule has 0 unspecified atom stereocenters. The highest BCUT2D eigenvalue weighted by Gasteiger charge is 2.10. The highest BCUT2D eigenvalue weighted by Crippen LogP contribution is 2.19. The average molecular weight is 367 g/mol. The van der Waals surface area contributed by atoms with Gasteiger partial charge in [-0.25, -0.2) is 4.39 Å². The quantitative estimate of drug-likeness (QED) is 0.555. The Hall–Kier alpha value is -3.20. The number of rotatable bonds is 5. The van der Waals surface area contributed by atoms with Crippen LogP contribution in [0.1, 0.15) is 10.4 Å². The molecule has 2 aromatic rings. The van der Waals surface area contributed by atoms with E-state index in [4.69, 9.17) is 11.6 Å². The molecule has 25 heavy (non-hydrogen) atoms. The standard InChI is InChI=1S/C15H12ClFN4O4/c16-12-7-10(3-6-13(12)17)18-8-14(22)19-20-15(23)9-1-4-11(5-2-9)21(24)25/h1-7,18H,8H2,(H,19,22)(H,20,23). The summed E-state index contributed by atoms with van der Waals surface area (Å²) in [5, 5.41) is 13.2. The summed E-state index contributed by atoms with van der Waals surface area (Å²) in [6, 6.07) is 8.76. The van der Waals surface area contributed by atoms with Crippen LogP contribution < -0.4 is 16.2 Å². The van der Waals surface area contributed by atoms with Gasteiger partial charge in [0.2, 0.25) is 0 Å². The van der Waals surface area contributed by atoms with E-state index in [-0.39, 0.29) is 22.8 Å². The smallest absolute Gasteiger partial charge is 0.269 e. The third-order valence-corrected chi connectivity index (χ3v) is 3.32. The first kappa shape index (κ1) is 18.1. The number of amides is 2. The van der Waals surface area contributed by atoms with Crippen molar-refractivity contribution in [1.29, 1.82) is 0 Å². The lowest BCUT2D eigenvalue weighted by Gasteiger charge is -2.09. The summed E-state index contributed by atoms with van der Waals surface area (Å²) in [5.74, 6) is -1.77. The zero-order valence-electron chi connectivity index (χ0n) is 12.6. The average Bonchev–Trinajstić information content (AvgIpc) is 2.60. The minimum absolute atomic E-state index is 0.0862. The molecular formula is C15H12ClFN4O4. The van der Waals surface area contributed by atoms with Gasteiger partial charge in [0.25, 0.3) is 17.5 Å². The number of hydrazine groups is 1. The van der Waals surface area contributed by atoms with E-state index < -0.39 is 22.6 Å². The van der Waals surface area contributed by atoms with E-state index in [1.165, 1.54) is 36.4 Å². The number of hydrogen-bond donors (Lipinski definition) is 3. The fourth-order valence-electron chi connectivity index (χ4n) is 1.77. The van der Waals surface area contributed by atoms with Crippen LogP contribution in [0.15, 0.2) is 42.5 Å². The molecule has 0 fully saturated rings. The maximum atomic E-state index is 13.0. The first-order valence-corrected chi connectivity index (χ1v) is 7.27. The Kier molecular flexibility index (Phi) is 5.85. The van der Waals surface area contributed by atoms with E-state index in [0.29, 0.717) is 5.69 Å². The van der Waals surface area contributed by atoms with Gasteiger partial charge in [-0.3, -0.25) is 30.6 Å². The molecule has 0 aliphatic rings. The molecule has 2 rings (SSSR count). The van der Waals surface area contributed by atoms with E-state index >= 15 is 0 Å². The van der Waals surface area contributed by atoms with Crippen LogP contribution in [0.3, 0.4) is 0 Å². The monoisotopic (exact) mass is 366 g/mol. The summed E-state index contributed by atoms with van der Waals surface area (Å²) >= 11 is 5.62. The molecule has 0 radical (unpaired) electrons.